The second kappa shape index (κ2) is 7.92. The molecule has 0 heterocycles. The second-order valence-corrected chi connectivity index (χ2v) is 6.34. The molecule has 0 fully saturated rings. The van der Waals surface area contributed by atoms with Crippen molar-refractivity contribution < 1.29 is 9.59 Å². The summed E-state index contributed by atoms with van der Waals surface area (Å²) in [4.78, 5) is 23.5. The molecule has 0 bridgehead atoms. The van der Waals surface area contributed by atoms with E-state index in [0.717, 1.165) is 33.5 Å². The van der Waals surface area contributed by atoms with Gasteiger partial charge in [0.1, 0.15) is 12.6 Å². The van der Waals surface area contributed by atoms with Crippen LogP contribution >= 0.6 is 21.6 Å². The van der Waals surface area contributed by atoms with Crippen molar-refractivity contribution in [3.63, 3.8) is 0 Å². The standard InChI is InChI=1S/C16H14O2S2/c17-11-9-13-5-1-3-7-15(13)19-20-16-8-4-2-6-14(16)10-12-18/h1-8,11-12H,9-10H2. The SMILES string of the molecule is O=CCc1ccccc1SSc1ccccc1CC=O. The fourth-order valence-electron chi connectivity index (χ4n) is 1.78. The number of aldehydes is 2. The van der Waals surface area contributed by atoms with Gasteiger partial charge in [-0.25, -0.2) is 0 Å². The Balaban J connectivity index is 2.12. The third kappa shape index (κ3) is 3.99. The van der Waals surface area contributed by atoms with Gasteiger partial charge >= 0.3 is 0 Å². The van der Waals surface area contributed by atoms with Crippen molar-refractivity contribution in [2.45, 2.75) is 22.6 Å². The number of carbonyl (C=O) groups is 2. The first-order valence-corrected chi connectivity index (χ1v) is 8.37. The van der Waals surface area contributed by atoms with Gasteiger partial charge in [0, 0.05) is 22.6 Å². The molecule has 0 amide bonds. The molecular formula is C16H14O2S2. The first-order chi connectivity index (χ1) is 9.85. The number of benzene rings is 2. The van der Waals surface area contributed by atoms with Gasteiger partial charge in [0.05, 0.1) is 0 Å². The van der Waals surface area contributed by atoms with E-state index in [1.165, 1.54) is 0 Å². The Hall–Kier alpha value is -1.52. The molecule has 0 spiro atoms. The molecule has 0 aliphatic heterocycles. The van der Waals surface area contributed by atoms with Gasteiger partial charge in [0.15, 0.2) is 0 Å². The summed E-state index contributed by atoms with van der Waals surface area (Å²) in [5.41, 5.74) is 2.07. The lowest BCUT2D eigenvalue weighted by molar-refractivity contribution is -0.108. The first kappa shape index (κ1) is 14.9. The number of rotatable bonds is 7. The van der Waals surface area contributed by atoms with Crippen molar-refractivity contribution in [3.05, 3.63) is 59.7 Å². The fraction of sp³-hybridized carbons (Fsp3) is 0.125. The van der Waals surface area contributed by atoms with E-state index in [0.29, 0.717) is 12.8 Å². The molecule has 0 saturated carbocycles. The predicted octanol–water partition coefficient (Wildman–Crippen LogP) is 3.97. The zero-order chi connectivity index (χ0) is 14.2. The molecule has 0 saturated heterocycles. The Kier molecular flexibility index (Phi) is 5.89. The van der Waals surface area contributed by atoms with Crippen molar-refractivity contribution in [3.8, 4) is 0 Å². The molecule has 0 atom stereocenters. The molecule has 0 unspecified atom stereocenters. The number of carbonyl (C=O) groups excluding carboxylic acids is 2. The van der Waals surface area contributed by atoms with E-state index >= 15 is 0 Å². The first-order valence-electron chi connectivity index (χ1n) is 6.22. The highest BCUT2D eigenvalue weighted by atomic mass is 33.1. The van der Waals surface area contributed by atoms with Crippen LogP contribution in [0.2, 0.25) is 0 Å². The highest BCUT2D eigenvalue weighted by Gasteiger charge is 2.06. The maximum Gasteiger partial charge on any atom is 0.124 e. The summed E-state index contributed by atoms with van der Waals surface area (Å²) in [5.74, 6) is 0. The fourth-order valence-corrected chi connectivity index (χ4v) is 4.26. The average molecular weight is 302 g/mol. The Bertz CT molecular complexity index is 543. The van der Waals surface area contributed by atoms with Gasteiger partial charge in [-0.3, -0.25) is 0 Å². The largest absolute Gasteiger partial charge is 0.303 e. The average Bonchev–Trinajstić information content (AvgIpc) is 2.48. The summed E-state index contributed by atoms with van der Waals surface area (Å²) in [6, 6.07) is 15.8. The normalized spacial score (nSPS) is 10.2. The zero-order valence-electron chi connectivity index (χ0n) is 10.8. The highest BCUT2D eigenvalue weighted by molar-refractivity contribution is 8.76. The lowest BCUT2D eigenvalue weighted by atomic mass is 10.2. The minimum absolute atomic E-state index is 0.430. The van der Waals surface area contributed by atoms with Crippen LogP contribution in [0.15, 0.2) is 58.3 Å². The van der Waals surface area contributed by atoms with Crippen LogP contribution in [-0.4, -0.2) is 12.6 Å². The molecule has 2 aromatic rings. The van der Waals surface area contributed by atoms with Crippen molar-refractivity contribution in [2.24, 2.45) is 0 Å². The summed E-state index contributed by atoms with van der Waals surface area (Å²) in [5, 5.41) is 0. The molecule has 2 aromatic carbocycles. The van der Waals surface area contributed by atoms with E-state index in [1.807, 2.05) is 48.5 Å². The van der Waals surface area contributed by atoms with Crippen LogP contribution in [0.25, 0.3) is 0 Å². The molecule has 2 nitrogen and oxygen atoms in total. The van der Waals surface area contributed by atoms with Crippen LogP contribution in [0, 0.1) is 0 Å². The maximum absolute atomic E-state index is 10.7. The zero-order valence-corrected chi connectivity index (χ0v) is 12.5. The van der Waals surface area contributed by atoms with Crippen molar-refractivity contribution >= 4 is 34.2 Å². The molecule has 2 rings (SSSR count). The lowest BCUT2D eigenvalue weighted by Crippen LogP contribution is -1.89. The van der Waals surface area contributed by atoms with Gasteiger partial charge in [-0.2, -0.15) is 0 Å². The molecule has 20 heavy (non-hydrogen) atoms. The van der Waals surface area contributed by atoms with E-state index in [2.05, 4.69) is 0 Å². The van der Waals surface area contributed by atoms with Crippen LogP contribution in [0.5, 0.6) is 0 Å². The maximum atomic E-state index is 10.7. The molecule has 0 aliphatic rings. The summed E-state index contributed by atoms with van der Waals surface area (Å²) in [7, 11) is 3.24. The molecule has 0 radical (unpaired) electrons. The minimum atomic E-state index is 0.430. The molecule has 4 heteroatoms. The monoisotopic (exact) mass is 302 g/mol. The summed E-state index contributed by atoms with van der Waals surface area (Å²) in [6.45, 7) is 0. The van der Waals surface area contributed by atoms with Crippen LogP contribution < -0.4 is 0 Å². The molecule has 0 aromatic heterocycles. The Morgan fingerprint density at radius 1 is 0.700 bits per heavy atom. The van der Waals surface area contributed by atoms with Gasteiger partial charge < -0.3 is 9.59 Å². The molecule has 102 valence electrons. The van der Waals surface area contributed by atoms with E-state index in [4.69, 9.17) is 0 Å². The van der Waals surface area contributed by atoms with Gasteiger partial charge in [-0.1, -0.05) is 58.0 Å². The summed E-state index contributed by atoms with van der Waals surface area (Å²) >= 11 is 0. The van der Waals surface area contributed by atoms with E-state index in [1.54, 1.807) is 21.6 Å². The van der Waals surface area contributed by atoms with Gasteiger partial charge in [0.25, 0.3) is 0 Å². The highest BCUT2D eigenvalue weighted by Crippen LogP contribution is 2.40. The van der Waals surface area contributed by atoms with Gasteiger partial charge in [-0.15, -0.1) is 0 Å². The Morgan fingerprint density at radius 3 is 1.50 bits per heavy atom. The number of hydrogen-bond donors (Lipinski definition) is 0. The van der Waals surface area contributed by atoms with Crippen LogP contribution in [0.4, 0.5) is 0 Å². The molecule has 0 N–H and O–H groups in total. The Labute approximate surface area is 126 Å². The van der Waals surface area contributed by atoms with E-state index < -0.39 is 0 Å². The lowest BCUT2D eigenvalue weighted by Gasteiger charge is -2.08. The second-order valence-electron chi connectivity index (χ2n) is 4.12. The van der Waals surface area contributed by atoms with Gasteiger partial charge in [0.2, 0.25) is 0 Å². The summed E-state index contributed by atoms with van der Waals surface area (Å²) in [6.07, 6.45) is 2.70. The minimum Gasteiger partial charge on any atom is -0.303 e. The third-order valence-corrected chi connectivity index (χ3v) is 5.34. The smallest absolute Gasteiger partial charge is 0.124 e. The van der Waals surface area contributed by atoms with Crippen LogP contribution in [-0.2, 0) is 22.4 Å². The van der Waals surface area contributed by atoms with Crippen LogP contribution in [0.3, 0.4) is 0 Å². The van der Waals surface area contributed by atoms with Crippen molar-refractivity contribution in [1.29, 1.82) is 0 Å². The number of hydrogen-bond acceptors (Lipinski definition) is 4. The quantitative estimate of drug-likeness (QED) is 0.572. The topological polar surface area (TPSA) is 34.1 Å². The van der Waals surface area contributed by atoms with Crippen molar-refractivity contribution in [1.82, 2.24) is 0 Å². The van der Waals surface area contributed by atoms with Crippen LogP contribution in [0.1, 0.15) is 11.1 Å². The summed E-state index contributed by atoms with van der Waals surface area (Å²) < 4.78 is 0. The van der Waals surface area contributed by atoms with E-state index in [9.17, 15) is 9.59 Å². The van der Waals surface area contributed by atoms with Gasteiger partial charge in [-0.05, 0) is 23.3 Å². The Morgan fingerprint density at radius 2 is 1.10 bits per heavy atom. The van der Waals surface area contributed by atoms with Crippen molar-refractivity contribution in [2.75, 3.05) is 0 Å². The van der Waals surface area contributed by atoms with E-state index in [-0.39, 0.29) is 0 Å². The molecule has 0 aliphatic carbocycles. The third-order valence-electron chi connectivity index (χ3n) is 2.77. The predicted molar refractivity (Wildman–Crippen MR) is 84.1 cm³/mol. The molecular weight excluding hydrogens is 288 g/mol.